The predicted octanol–water partition coefficient (Wildman–Crippen LogP) is 4.52. The van der Waals surface area contributed by atoms with E-state index < -0.39 is 18.1 Å². The highest BCUT2D eigenvalue weighted by molar-refractivity contribution is 6.32. The van der Waals surface area contributed by atoms with Crippen LogP contribution < -0.4 is 20.1 Å². The van der Waals surface area contributed by atoms with Crippen LogP contribution in [0.3, 0.4) is 0 Å². The third kappa shape index (κ3) is 5.44. The average molecular weight is 433 g/mol. The normalized spacial score (nSPS) is 15.3. The summed E-state index contributed by atoms with van der Waals surface area (Å²) in [7, 11) is 0. The van der Waals surface area contributed by atoms with Crippen LogP contribution in [0.2, 0.25) is 5.02 Å². The fourth-order valence-corrected chi connectivity index (χ4v) is 3.29. The molecule has 1 saturated heterocycles. The van der Waals surface area contributed by atoms with Crippen LogP contribution in [0, 0.1) is 5.82 Å². The Bertz CT molecular complexity index is 882. The van der Waals surface area contributed by atoms with Crippen molar-refractivity contribution in [3.63, 3.8) is 0 Å². The molecule has 10 heteroatoms. The second-order valence-corrected chi connectivity index (χ2v) is 6.88. The standard InChI is InChI=1S/C19H17ClF4N2O3/c20-15-9-14(18(25)27)16(21)10-17(15)28-12-5-7-26(8-6-12)11-1-3-13(4-2-11)29-19(22,23)24/h1-4,9-10,12H,5-8H2,(H2,25,27). The molecule has 29 heavy (non-hydrogen) atoms. The van der Waals surface area contributed by atoms with Gasteiger partial charge in [-0.05, 0) is 30.3 Å². The van der Waals surface area contributed by atoms with Gasteiger partial charge in [0, 0.05) is 37.7 Å². The fourth-order valence-electron chi connectivity index (χ4n) is 3.08. The third-order valence-electron chi connectivity index (χ3n) is 4.46. The van der Waals surface area contributed by atoms with E-state index in [4.69, 9.17) is 22.1 Å². The Hall–Kier alpha value is -2.68. The van der Waals surface area contributed by atoms with Crippen molar-refractivity contribution in [3.8, 4) is 11.5 Å². The van der Waals surface area contributed by atoms with Crippen molar-refractivity contribution >= 4 is 23.2 Å². The number of primary amides is 1. The van der Waals surface area contributed by atoms with Gasteiger partial charge in [-0.1, -0.05) is 11.6 Å². The van der Waals surface area contributed by atoms with Gasteiger partial charge in [-0.25, -0.2) is 4.39 Å². The van der Waals surface area contributed by atoms with Crippen LogP contribution >= 0.6 is 11.6 Å². The summed E-state index contributed by atoms with van der Waals surface area (Å²) in [5.41, 5.74) is 5.53. The van der Waals surface area contributed by atoms with Gasteiger partial charge in [0.1, 0.15) is 23.4 Å². The molecule has 156 valence electrons. The van der Waals surface area contributed by atoms with Crippen LogP contribution in [0.1, 0.15) is 23.2 Å². The molecular weight excluding hydrogens is 416 g/mol. The molecule has 0 saturated carbocycles. The predicted molar refractivity (Wildman–Crippen MR) is 98.9 cm³/mol. The molecule has 0 aromatic heterocycles. The number of ether oxygens (including phenoxy) is 2. The van der Waals surface area contributed by atoms with Gasteiger partial charge in [0.05, 0.1) is 10.6 Å². The number of alkyl halides is 3. The highest BCUT2D eigenvalue weighted by Gasteiger charge is 2.31. The summed E-state index contributed by atoms with van der Waals surface area (Å²) in [5.74, 6) is -1.89. The molecule has 2 N–H and O–H groups in total. The molecule has 2 aromatic rings. The molecular formula is C19H17ClF4N2O3. The first-order valence-corrected chi connectivity index (χ1v) is 9.06. The van der Waals surface area contributed by atoms with Gasteiger partial charge in [-0.2, -0.15) is 0 Å². The number of hydrogen-bond acceptors (Lipinski definition) is 4. The second-order valence-electron chi connectivity index (χ2n) is 6.47. The summed E-state index contributed by atoms with van der Waals surface area (Å²) in [5, 5.41) is 0.0860. The first kappa shape index (κ1) is 21.0. The molecule has 0 atom stereocenters. The zero-order valence-corrected chi connectivity index (χ0v) is 15.8. The minimum atomic E-state index is -4.73. The van der Waals surface area contributed by atoms with E-state index in [0.29, 0.717) is 25.9 Å². The maximum Gasteiger partial charge on any atom is 0.573 e. The van der Waals surface area contributed by atoms with E-state index in [-0.39, 0.29) is 28.2 Å². The highest BCUT2D eigenvalue weighted by atomic mass is 35.5. The molecule has 1 heterocycles. The molecule has 2 aromatic carbocycles. The number of nitrogens with two attached hydrogens (primary N) is 1. The van der Waals surface area contributed by atoms with Gasteiger partial charge in [-0.15, -0.1) is 13.2 Å². The molecule has 1 aliphatic heterocycles. The maximum absolute atomic E-state index is 13.9. The van der Waals surface area contributed by atoms with Crippen molar-refractivity contribution in [2.24, 2.45) is 5.73 Å². The van der Waals surface area contributed by atoms with Gasteiger partial charge in [0.15, 0.2) is 0 Å². The molecule has 0 bridgehead atoms. The molecule has 5 nitrogen and oxygen atoms in total. The Morgan fingerprint density at radius 1 is 1.14 bits per heavy atom. The number of carbonyl (C=O) groups is 1. The summed E-state index contributed by atoms with van der Waals surface area (Å²) < 4.78 is 60.2. The first-order chi connectivity index (χ1) is 13.6. The van der Waals surface area contributed by atoms with E-state index in [9.17, 15) is 22.4 Å². The number of halogens is 5. The zero-order chi connectivity index (χ0) is 21.2. The van der Waals surface area contributed by atoms with E-state index >= 15 is 0 Å². The topological polar surface area (TPSA) is 64.8 Å². The Morgan fingerprint density at radius 2 is 1.76 bits per heavy atom. The van der Waals surface area contributed by atoms with E-state index in [1.807, 2.05) is 4.90 Å². The van der Waals surface area contributed by atoms with E-state index in [1.165, 1.54) is 12.1 Å². The lowest BCUT2D eigenvalue weighted by Crippen LogP contribution is -2.38. The number of rotatable bonds is 5. The monoisotopic (exact) mass is 432 g/mol. The van der Waals surface area contributed by atoms with Gasteiger partial charge >= 0.3 is 6.36 Å². The number of nitrogens with zero attached hydrogens (tertiary/aromatic N) is 1. The van der Waals surface area contributed by atoms with Crippen molar-refractivity contribution in [2.45, 2.75) is 25.3 Å². The number of carbonyl (C=O) groups excluding carboxylic acids is 1. The zero-order valence-electron chi connectivity index (χ0n) is 15.0. The van der Waals surface area contributed by atoms with E-state index in [2.05, 4.69) is 4.74 Å². The van der Waals surface area contributed by atoms with Crippen LogP contribution in [0.5, 0.6) is 11.5 Å². The molecule has 0 unspecified atom stereocenters. The number of hydrogen-bond donors (Lipinski definition) is 1. The molecule has 1 fully saturated rings. The van der Waals surface area contributed by atoms with Crippen LogP contribution in [0.15, 0.2) is 36.4 Å². The SMILES string of the molecule is NC(=O)c1cc(Cl)c(OC2CCN(c3ccc(OC(F)(F)F)cc3)CC2)cc1F. The highest BCUT2D eigenvalue weighted by Crippen LogP contribution is 2.31. The lowest BCUT2D eigenvalue weighted by atomic mass is 10.1. The first-order valence-electron chi connectivity index (χ1n) is 8.68. The van der Waals surface area contributed by atoms with Crippen molar-refractivity contribution < 1.29 is 31.8 Å². The molecule has 0 radical (unpaired) electrons. The number of amides is 1. The molecule has 1 amide bonds. The fraction of sp³-hybridized carbons (Fsp3) is 0.316. The number of benzene rings is 2. The molecule has 3 rings (SSSR count). The quantitative estimate of drug-likeness (QED) is 0.705. The van der Waals surface area contributed by atoms with E-state index in [1.54, 1.807) is 12.1 Å². The number of anilines is 1. The average Bonchev–Trinajstić information content (AvgIpc) is 2.64. The Balaban J connectivity index is 1.58. The summed E-state index contributed by atoms with van der Waals surface area (Å²) in [6, 6.07) is 7.79. The Kier molecular flexibility index (Phi) is 6.07. The van der Waals surface area contributed by atoms with Crippen molar-refractivity contribution in [2.75, 3.05) is 18.0 Å². The summed E-state index contributed by atoms with van der Waals surface area (Å²) in [4.78, 5) is 13.1. The molecule has 0 aliphatic carbocycles. The molecule has 1 aliphatic rings. The lowest BCUT2D eigenvalue weighted by molar-refractivity contribution is -0.274. The Labute approximate surface area is 168 Å². The third-order valence-corrected chi connectivity index (χ3v) is 4.75. The van der Waals surface area contributed by atoms with Crippen molar-refractivity contribution in [1.82, 2.24) is 0 Å². The van der Waals surface area contributed by atoms with Crippen LogP contribution in [-0.4, -0.2) is 31.5 Å². The van der Waals surface area contributed by atoms with Gasteiger partial charge in [0.2, 0.25) is 0 Å². The smallest absolute Gasteiger partial charge is 0.489 e. The van der Waals surface area contributed by atoms with Gasteiger partial charge < -0.3 is 20.1 Å². The second kappa shape index (κ2) is 8.36. The van der Waals surface area contributed by atoms with Crippen LogP contribution in [0.25, 0.3) is 0 Å². The van der Waals surface area contributed by atoms with Gasteiger partial charge in [0.25, 0.3) is 5.91 Å². The van der Waals surface area contributed by atoms with E-state index in [0.717, 1.165) is 17.8 Å². The van der Waals surface area contributed by atoms with Crippen molar-refractivity contribution in [1.29, 1.82) is 0 Å². The molecule has 0 spiro atoms. The summed E-state index contributed by atoms with van der Waals surface area (Å²) >= 11 is 6.05. The van der Waals surface area contributed by atoms with Crippen LogP contribution in [-0.2, 0) is 0 Å². The lowest BCUT2D eigenvalue weighted by Gasteiger charge is -2.34. The minimum Gasteiger partial charge on any atom is -0.489 e. The van der Waals surface area contributed by atoms with Crippen molar-refractivity contribution in [3.05, 3.63) is 52.8 Å². The largest absolute Gasteiger partial charge is 0.573 e. The minimum absolute atomic E-state index is 0.0860. The van der Waals surface area contributed by atoms with Gasteiger partial charge in [-0.3, -0.25) is 4.79 Å². The van der Waals surface area contributed by atoms with Crippen LogP contribution in [0.4, 0.5) is 23.2 Å². The summed E-state index contributed by atoms with van der Waals surface area (Å²) in [6.07, 6.45) is -3.77. The Morgan fingerprint density at radius 3 is 2.31 bits per heavy atom. The maximum atomic E-state index is 13.9. The summed E-state index contributed by atoms with van der Waals surface area (Å²) in [6.45, 7) is 1.17. The number of piperidine rings is 1.